The molecule has 0 aliphatic carbocycles. The first kappa shape index (κ1) is 21.6. The van der Waals surface area contributed by atoms with Crippen LogP contribution >= 0.6 is 23.2 Å². The molecule has 9 heteroatoms. The molecule has 0 atom stereocenters. The van der Waals surface area contributed by atoms with E-state index in [1.165, 1.54) is 25.4 Å². The lowest BCUT2D eigenvalue weighted by atomic mass is 9.97. The topological polar surface area (TPSA) is 83.7 Å². The molecule has 6 nitrogen and oxygen atoms in total. The fraction of sp³-hybridized carbons (Fsp3) is 0.0385. The third-order valence-electron chi connectivity index (χ3n) is 6.03. The lowest BCUT2D eigenvalue weighted by molar-refractivity contribution is 0.398. The standard InChI is InChI=1S/C26H15Cl2FN4O2/c1-35-20-10-15(18(28)11-31-20)12-5-6-13-16(9-12)21-14(7-8-30-26(21)34)24-23(13)32-25(33-24)22-17(27)3-2-4-19(22)29/h2-11H,1H3,(H,30,34)(H,32,33). The van der Waals surface area contributed by atoms with Gasteiger partial charge >= 0.3 is 0 Å². The molecule has 6 aromatic rings. The molecule has 35 heavy (non-hydrogen) atoms. The summed E-state index contributed by atoms with van der Waals surface area (Å²) in [5.74, 6) is 0.205. The number of H-pyrrole nitrogens is 2. The molecule has 0 aliphatic rings. The van der Waals surface area contributed by atoms with Crippen molar-refractivity contribution in [2.75, 3.05) is 7.11 Å². The highest BCUT2D eigenvalue weighted by atomic mass is 35.5. The van der Waals surface area contributed by atoms with Crippen molar-refractivity contribution in [2.45, 2.75) is 0 Å². The van der Waals surface area contributed by atoms with Gasteiger partial charge in [0.2, 0.25) is 5.88 Å². The van der Waals surface area contributed by atoms with E-state index in [0.29, 0.717) is 43.7 Å². The first-order chi connectivity index (χ1) is 17.0. The number of hydrogen-bond acceptors (Lipinski definition) is 4. The predicted octanol–water partition coefficient (Wildman–Crippen LogP) is 6.74. The van der Waals surface area contributed by atoms with Crippen LogP contribution in [0.25, 0.3) is 55.1 Å². The van der Waals surface area contributed by atoms with Gasteiger partial charge in [0, 0.05) is 28.6 Å². The Kier molecular flexibility index (Phi) is 4.98. The second kappa shape index (κ2) is 8.08. The minimum Gasteiger partial charge on any atom is -0.481 e. The van der Waals surface area contributed by atoms with E-state index >= 15 is 0 Å². The molecule has 0 saturated carbocycles. The number of fused-ring (bicyclic) bond motifs is 6. The van der Waals surface area contributed by atoms with E-state index in [-0.39, 0.29) is 22.0 Å². The number of pyridine rings is 2. The van der Waals surface area contributed by atoms with E-state index in [0.717, 1.165) is 10.9 Å². The van der Waals surface area contributed by atoms with Crippen LogP contribution in [-0.4, -0.2) is 27.0 Å². The molecule has 0 spiro atoms. The van der Waals surface area contributed by atoms with Crippen LogP contribution in [0.3, 0.4) is 0 Å². The first-order valence-corrected chi connectivity index (χ1v) is 11.3. The number of ether oxygens (including phenoxy) is 1. The lowest BCUT2D eigenvalue weighted by Crippen LogP contribution is -2.05. The van der Waals surface area contributed by atoms with Crippen molar-refractivity contribution >= 4 is 55.8 Å². The van der Waals surface area contributed by atoms with Crippen molar-refractivity contribution in [3.63, 3.8) is 0 Å². The highest BCUT2D eigenvalue weighted by Crippen LogP contribution is 2.39. The summed E-state index contributed by atoms with van der Waals surface area (Å²) < 4.78 is 19.9. The van der Waals surface area contributed by atoms with E-state index in [1.54, 1.807) is 24.4 Å². The Morgan fingerprint density at radius 2 is 1.86 bits per heavy atom. The van der Waals surface area contributed by atoms with Crippen LogP contribution in [0.2, 0.25) is 10.0 Å². The average molecular weight is 505 g/mol. The van der Waals surface area contributed by atoms with Crippen molar-refractivity contribution in [2.24, 2.45) is 0 Å². The quantitative estimate of drug-likeness (QED) is 0.261. The first-order valence-electron chi connectivity index (χ1n) is 10.6. The van der Waals surface area contributed by atoms with Gasteiger partial charge in [0.05, 0.1) is 45.3 Å². The highest BCUT2D eigenvalue weighted by Gasteiger charge is 2.19. The molecule has 0 aliphatic heterocycles. The van der Waals surface area contributed by atoms with E-state index in [9.17, 15) is 9.18 Å². The Morgan fingerprint density at radius 1 is 1.00 bits per heavy atom. The Balaban J connectivity index is 1.72. The van der Waals surface area contributed by atoms with Crippen LogP contribution in [0.15, 0.2) is 65.7 Å². The van der Waals surface area contributed by atoms with E-state index in [1.807, 2.05) is 18.2 Å². The number of imidazole rings is 1. The van der Waals surface area contributed by atoms with E-state index in [2.05, 4.69) is 15.0 Å². The van der Waals surface area contributed by atoms with Crippen molar-refractivity contribution < 1.29 is 9.13 Å². The van der Waals surface area contributed by atoms with Crippen molar-refractivity contribution in [3.8, 4) is 28.4 Å². The Morgan fingerprint density at radius 3 is 2.66 bits per heavy atom. The zero-order valence-electron chi connectivity index (χ0n) is 18.1. The molecule has 0 amide bonds. The van der Waals surface area contributed by atoms with Crippen LogP contribution in [0.4, 0.5) is 4.39 Å². The average Bonchev–Trinajstić information content (AvgIpc) is 3.29. The number of halogens is 3. The van der Waals surface area contributed by atoms with Crippen molar-refractivity contribution in [1.29, 1.82) is 0 Å². The number of benzene rings is 3. The van der Waals surface area contributed by atoms with Crippen LogP contribution < -0.4 is 10.3 Å². The molecule has 172 valence electrons. The van der Waals surface area contributed by atoms with Gasteiger partial charge < -0.3 is 14.7 Å². The van der Waals surface area contributed by atoms with E-state index in [4.69, 9.17) is 32.9 Å². The van der Waals surface area contributed by atoms with Gasteiger partial charge in [-0.15, -0.1) is 0 Å². The molecule has 0 saturated heterocycles. The molecule has 3 heterocycles. The maximum Gasteiger partial charge on any atom is 0.256 e. The number of aromatic amines is 2. The Labute approximate surface area is 207 Å². The SMILES string of the molecule is COc1cc(-c2ccc3c(c2)c2c(=O)[nH]ccc2c2[nH]c(-c4c(F)cccc4Cl)nc32)c(Cl)cn1. The number of hydrogen-bond donors (Lipinski definition) is 2. The van der Waals surface area contributed by atoms with Gasteiger partial charge in [0.25, 0.3) is 5.56 Å². The number of nitrogens with one attached hydrogen (secondary N) is 2. The number of nitrogens with zero attached hydrogens (tertiary/aromatic N) is 2. The molecule has 2 N–H and O–H groups in total. The Hall–Kier alpha value is -3.94. The summed E-state index contributed by atoms with van der Waals surface area (Å²) in [7, 11) is 1.53. The van der Waals surface area contributed by atoms with Gasteiger partial charge in [0.15, 0.2) is 0 Å². The molecule has 0 fully saturated rings. The van der Waals surface area contributed by atoms with Crippen LogP contribution in [0.1, 0.15) is 0 Å². The summed E-state index contributed by atoms with van der Waals surface area (Å²) in [6.07, 6.45) is 3.09. The molecule has 0 unspecified atom stereocenters. The number of rotatable bonds is 3. The van der Waals surface area contributed by atoms with Crippen molar-refractivity contribution in [1.82, 2.24) is 19.9 Å². The van der Waals surface area contributed by atoms with Crippen LogP contribution in [0.5, 0.6) is 5.88 Å². The zero-order valence-corrected chi connectivity index (χ0v) is 19.6. The molecular weight excluding hydrogens is 490 g/mol. The minimum atomic E-state index is -0.494. The molecule has 0 bridgehead atoms. The molecule has 6 rings (SSSR count). The fourth-order valence-electron chi connectivity index (χ4n) is 4.44. The second-order valence-corrected chi connectivity index (χ2v) is 8.78. The van der Waals surface area contributed by atoms with Gasteiger partial charge in [-0.1, -0.05) is 41.4 Å². The largest absolute Gasteiger partial charge is 0.481 e. The summed E-state index contributed by atoms with van der Waals surface area (Å²) >= 11 is 12.7. The predicted molar refractivity (Wildman–Crippen MR) is 137 cm³/mol. The number of aromatic nitrogens is 4. The van der Waals surface area contributed by atoms with Crippen LogP contribution in [0, 0.1) is 5.82 Å². The zero-order chi connectivity index (χ0) is 24.3. The summed E-state index contributed by atoms with van der Waals surface area (Å²) in [5.41, 5.74) is 2.61. The normalized spacial score (nSPS) is 11.5. The van der Waals surface area contributed by atoms with Gasteiger partial charge in [-0.25, -0.2) is 14.4 Å². The minimum absolute atomic E-state index is 0.170. The second-order valence-electron chi connectivity index (χ2n) is 7.97. The monoisotopic (exact) mass is 504 g/mol. The van der Waals surface area contributed by atoms with Crippen LogP contribution in [-0.2, 0) is 0 Å². The van der Waals surface area contributed by atoms with E-state index < -0.39 is 5.82 Å². The number of methoxy groups -OCH3 is 1. The van der Waals surface area contributed by atoms with Gasteiger partial charge in [0.1, 0.15) is 11.6 Å². The molecule has 0 radical (unpaired) electrons. The Bertz CT molecular complexity index is 1840. The maximum absolute atomic E-state index is 14.7. The van der Waals surface area contributed by atoms with Crippen molar-refractivity contribution in [3.05, 3.63) is 87.1 Å². The molecule has 3 aromatic carbocycles. The lowest BCUT2D eigenvalue weighted by Gasteiger charge is -2.10. The summed E-state index contributed by atoms with van der Waals surface area (Å²) in [5, 5.41) is 3.21. The maximum atomic E-state index is 14.7. The third-order valence-corrected chi connectivity index (χ3v) is 6.64. The van der Waals surface area contributed by atoms with Gasteiger partial charge in [-0.05, 0) is 35.2 Å². The highest BCUT2D eigenvalue weighted by molar-refractivity contribution is 6.34. The van der Waals surface area contributed by atoms with Gasteiger partial charge in [-0.2, -0.15) is 0 Å². The fourth-order valence-corrected chi connectivity index (χ4v) is 4.90. The third kappa shape index (κ3) is 3.35. The summed E-state index contributed by atoms with van der Waals surface area (Å²) in [4.78, 5) is 27.8. The van der Waals surface area contributed by atoms with Gasteiger partial charge in [-0.3, -0.25) is 4.79 Å². The molecular formula is C26H15Cl2FN4O2. The summed E-state index contributed by atoms with van der Waals surface area (Å²) in [6.45, 7) is 0. The summed E-state index contributed by atoms with van der Waals surface area (Å²) in [6, 6.07) is 13.6. The molecule has 3 aromatic heterocycles. The smallest absolute Gasteiger partial charge is 0.256 e.